The summed E-state index contributed by atoms with van der Waals surface area (Å²) in [5.41, 5.74) is 1.09. The molecule has 0 bridgehead atoms. The van der Waals surface area contributed by atoms with E-state index in [9.17, 15) is 4.79 Å². The molecule has 3 fully saturated rings. The van der Waals surface area contributed by atoms with Crippen molar-refractivity contribution in [1.29, 1.82) is 0 Å². The van der Waals surface area contributed by atoms with Crippen molar-refractivity contribution in [2.75, 3.05) is 26.3 Å². The first-order valence-corrected chi connectivity index (χ1v) is 8.33. The van der Waals surface area contributed by atoms with Crippen LogP contribution in [0.15, 0.2) is 30.3 Å². The molecule has 1 aromatic carbocycles. The maximum atomic E-state index is 13.0. The maximum absolute atomic E-state index is 13.0. The molecule has 1 saturated carbocycles. The predicted octanol–water partition coefficient (Wildman–Crippen LogP) is 2.37. The summed E-state index contributed by atoms with van der Waals surface area (Å²) in [4.78, 5) is 15.0. The molecule has 1 aromatic rings. The minimum atomic E-state index is -0.517. The summed E-state index contributed by atoms with van der Waals surface area (Å²) in [6.07, 6.45) is 4.74. The second-order valence-corrected chi connectivity index (χ2v) is 6.88. The van der Waals surface area contributed by atoms with Gasteiger partial charge in [0.25, 0.3) is 0 Å². The predicted molar refractivity (Wildman–Crippen MR) is 82.3 cm³/mol. The first kappa shape index (κ1) is 14.2. The number of carbonyl (C=O) groups is 1. The van der Waals surface area contributed by atoms with Crippen molar-refractivity contribution in [3.05, 3.63) is 35.9 Å². The Morgan fingerprint density at radius 2 is 1.82 bits per heavy atom. The largest absolute Gasteiger partial charge is 0.346 e. The van der Waals surface area contributed by atoms with E-state index in [0.29, 0.717) is 25.7 Å². The van der Waals surface area contributed by atoms with Crippen LogP contribution in [0.5, 0.6) is 0 Å². The Labute approximate surface area is 131 Å². The molecule has 0 N–H and O–H groups in total. The maximum Gasteiger partial charge on any atom is 0.229 e. The Kier molecular flexibility index (Phi) is 3.46. The number of amides is 1. The molecule has 22 heavy (non-hydrogen) atoms. The molecule has 1 amide bonds. The van der Waals surface area contributed by atoms with Crippen molar-refractivity contribution in [2.45, 2.75) is 37.9 Å². The highest BCUT2D eigenvalue weighted by Crippen LogP contribution is 2.50. The van der Waals surface area contributed by atoms with Crippen LogP contribution >= 0.6 is 0 Å². The summed E-state index contributed by atoms with van der Waals surface area (Å²) in [6.45, 7) is 2.74. The SMILES string of the molecule is O=C(N1CCCC2(C1)OCCO2)C1(Cc2ccccc2)CC1. The van der Waals surface area contributed by atoms with E-state index >= 15 is 0 Å². The highest BCUT2D eigenvalue weighted by atomic mass is 16.7. The van der Waals surface area contributed by atoms with Crippen LogP contribution < -0.4 is 0 Å². The third-order valence-corrected chi connectivity index (χ3v) is 5.21. The number of ether oxygens (including phenoxy) is 2. The van der Waals surface area contributed by atoms with Gasteiger partial charge >= 0.3 is 0 Å². The Hall–Kier alpha value is -1.39. The van der Waals surface area contributed by atoms with Crippen LogP contribution in [0, 0.1) is 5.41 Å². The van der Waals surface area contributed by atoms with Gasteiger partial charge < -0.3 is 14.4 Å². The number of hydrogen-bond donors (Lipinski definition) is 0. The van der Waals surface area contributed by atoms with Gasteiger partial charge in [-0.15, -0.1) is 0 Å². The highest BCUT2D eigenvalue weighted by Gasteiger charge is 2.53. The number of likely N-dealkylation sites (tertiary alicyclic amines) is 1. The van der Waals surface area contributed by atoms with Crippen LogP contribution in [0.3, 0.4) is 0 Å². The fourth-order valence-electron chi connectivity index (χ4n) is 3.83. The van der Waals surface area contributed by atoms with E-state index in [0.717, 1.165) is 38.6 Å². The average Bonchev–Trinajstić information content (AvgIpc) is 3.20. The third-order valence-electron chi connectivity index (χ3n) is 5.21. The van der Waals surface area contributed by atoms with E-state index in [1.54, 1.807) is 0 Å². The zero-order valence-electron chi connectivity index (χ0n) is 12.9. The van der Waals surface area contributed by atoms with Crippen molar-refractivity contribution in [1.82, 2.24) is 4.90 Å². The molecule has 1 spiro atoms. The molecular weight excluding hydrogens is 278 g/mol. The zero-order valence-corrected chi connectivity index (χ0v) is 12.9. The fourth-order valence-corrected chi connectivity index (χ4v) is 3.83. The molecular formula is C18H23NO3. The molecule has 4 heteroatoms. The Balaban J connectivity index is 1.47. The molecule has 2 heterocycles. The number of benzene rings is 1. The quantitative estimate of drug-likeness (QED) is 0.860. The van der Waals surface area contributed by atoms with Crippen molar-refractivity contribution in [3.63, 3.8) is 0 Å². The summed E-state index contributed by atoms with van der Waals surface area (Å²) in [5, 5.41) is 0. The van der Waals surface area contributed by atoms with E-state index in [1.165, 1.54) is 5.56 Å². The molecule has 2 aliphatic heterocycles. The zero-order chi connectivity index (χ0) is 15.0. The third kappa shape index (κ3) is 2.55. The topological polar surface area (TPSA) is 38.8 Å². The molecule has 118 valence electrons. The molecule has 4 nitrogen and oxygen atoms in total. The Morgan fingerprint density at radius 3 is 2.50 bits per heavy atom. The smallest absolute Gasteiger partial charge is 0.229 e. The first-order valence-electron chi connectivity index (χ1n) is 8.33. The van der Waals surface area contributed by atoms with E-state index < -0.39 is 5.79 Å². The number of carbonyl (C=O) groups excluding carboxylic acids is 1. The number of rotatable bonds is 3. The summed E-state index contributed by atoms with van der Waals surface area (Å²) < 4.78 is 11.6. The lowest BCUT2D eigenvalue weighted by atomic mass is 9.93. The van der Waals surface area contributed by atoms with E-state index in [-0.39, 0.29) is 5.41 Å². The lowest BCUT2D eigenvalue weighted by Gasteiger charge is -2.40. The monoisotopic (exact) mass is 301 g/mol. The van der Waals surface area contributed by atoms with Gasteiger partial charge in [-0.05, 0) is 31.2 Å². The molecule has 1 aliphatic carbocycles. The van der Waals surface area contributed by atoms with Gasteiger partial charge in [0, 0.05) is 13.0 Å². The van der Waals surface area contributed by atoms with Gasteiger partial charge in [0.1, 0.15) is 0 Å². The number of nitrogens with zero attached hydrogens (tertiary/aromatic N) is 1. The normalized spacial score (nSPS) is 25.4. The molecule has 0 aromatic heterocycles. The Bertz CT molecular complexity index is 547. The minimum absolute atomic E-state index is 0.168. The van der Waals surface area contributed by atoms with Crippen LogP contribution in [0.1, 0.15) is 31.2 Å². The summed E-state index contributed by atoms with van der Waals surface area (Å²) in [5.74, 6) is -0.217. The van der Waals surface area contributed by atoms with Crippen molar-refractivity contribution >= 4 is 5.91 Å². The average molecular weight is 301 g/mol. The summed E-state index contributed by atoms with van der Waals surface area (Å²) >= 11 is 0. The molecule has 0 radical (unpaired) electrons. The molecule has 4 rings (SSSR count). The number of piperidine rings is 1. The second-order valence-electron chi connectivity index (χ2n) is 6.88. The van der Waals surface area contributed by atoms with Crippen molar-refractivity contribution in [3.8, 4) is 0 Å². The lowest BCUT2D eigenvalue weighted by molar-refractivity contribution is -0.195. The van der Waals surface area contributed by atoms with Crippen LogP contribution in [-0.4, -0.2) is 42.9 Å². The van der Waals surface area contributed by atoms with Crippen molar-refractivity contribution < 1.29 is 14.3 Å². The second kappa shape index (κ2) is 5.36. The van der Waals surface area contributed by atoms with Gasteiger partial charge in [-0.2, -0.15) is 0 Å². The van der Waals surface area contributed by atoms with Crippen LogP contribution in [0.4, 0.5) is 0 Å². The summed E-state index contributed by atoms with van der Waals surface area (Å²) in [6, 6.07) is 10.4. The van der Waals surface area contributed by atoms with Crippen LogP contribution in [-0.2, 0) is 20.7 Å². The molecule has 2 saturated heterocycles. The van der Waals surface area contributed by atoms with Crippen LogP contribution in [0.2, 0.25) is 0 Å². The first-order chi connectivity index (χ1) is 10.7. The molecule has 0 unspecified atom stereocenters. The lowest BCUT2D eigenvalue weighted by Crippen LogP contribution is -2.53. The van der Waals surface area contributed by atoms with E-state index in [2.05, 4.69) is 12.1 Å². The van der Waals surface area contributed by atoms with Gasteiger partial charge in [-0.1, -0.05) is 30.3 Å². The van der Waals surface area contributed by atoms with Crippen LogP contribution in [0.25, 0.3) is 0 Å². The number of hydrogen-bond acceptors (Lipinski definition) is 3. The van der Waals surface area contributed by atoms with Gasteiger partial charge in [0.2, 0.25) is 5.91 Å². The van der Waals surface area contributed by atoms with Gasteiger partial charge in [-0.3, -0.25) is 4.79 Å². The van der Waals surface area contributed by atoms with E-state index in [4.69, 9.17) is 9.47 Å². The summed E-state index contributed by atoms with van der Waals surface area (Å²) in [7, 11) is 0. The standard InChI is InChI=1S/C18H23NO3/c20-16(17(8-9-17)13-15-5-2-1-3-6-15)19-10-4-7-18(14-19)21-11-12-22-18/h1-3,5-6H,4,7-14H2. The highest BCUT2D eigenvalue weighted by molar-refractivity contribution is 5.86. The molecule has 0 atom stereocenters. The Morgan fingerprint density at radius 1 is 1.09 bits per heavy atom. The van der Waals surface area contributed by atoms with Gasteiger partial charge in [0.05, 0.1) is 25.2 Å². The molecule has 3 aliphatic rings. The minimum Gasteiger partial charge on any atom is -0.346 e. The van der Waals surface area contributed by atoms with Gasteiger partial charge in [0.15, 0.2) is 5.79 Å². The van der Waals surface area contributed by atoms with E-state index in [1.807, 2.05) is 23.1 Å². The van der Waals surface area contributed by atoms with Gasteiger partial charge in [-0.25, -0.2) is 0 Å². The van der Waals surface area contributed by atoms with Crippen molar-refractivity contribution in [2.24, 2.45) is 5.41 Å². The fraction of sp³-hybridized carbons (Fsp3) is 0.611.